The Morgan fingerprint density at radius 1 is 0.241 bits per heavy atom. The molecule has 0 atom stereocenters. The first-order valence-electron chi connectivity index (χ1n) is 18.7. The highest BCUT2D eigenvalue weighted by atomic mass is 15.1. The van der Waals surface area contributed by atoms with Gasteiger partial charge in [-0.3, -0.25) is 0 Å². The predicted octanol–water partition coefficient (Wildman–Crippen LogP) is 12.6. The fourth-order valence-electron chi connectivity index (χ4n) is 8.77. The molecule has 2 heteroatoms. The van der Waals surface area contributed by atoms with Crippen LogP contribution < -0.4 is 15.7 Å². The molecule has 0 bridgehead atoms. The van der Waals surface area contributed by atoms with E-state index in [9.17, 15) is 0 Å². The van der Waals surface area contributed by atoms with Gasteiger partial charge in [0.05, 0.1) is 0 Å². The maximum Gasteiger partial charge on any atom is 0.330 e. The smallest absolute Gasteiger partial charge is 0.330 e. The molecule has 0 aromatic heterocycles. The first-order chi connectivity index (χ1) is 26.9. The van der Waals surface area contributed by atoms with Crippen LogP contribution in [-0.4, -0.2) is 6.85 Å². The lowest BCUT2D eigenvalue weighted by Gasteiger charge is -2.36. The minimum Gasteiger partial charge on any atom is -0.377 e. The summed E-state index contributed by atoms with van der Waals surface area (Å²) in [7, 11) is 0. The minimum atomic E-state index is -0.228. The van der Waals surface area contributed by atoms with Gasteiger partial charge in [-0.2, -0.15) is 0 Å². The molecule has 0 N–H and O–H groups in total. The van der Waals surface area contributed by atoms with Crippen LogP contribution in [0.4, 0.5) is 11.4 Å². The van der Waals surface area contributed by atoms with Gasteiger partial charge >= 0.3 is 6.85 Å². The van der Waals surface area contributed by atoms with Crippen molar-refractivity contribution in [1.82, 2.24) is 0 Å². The highest BCUT2D eigenvalue weighted by Gasteiger charge is 2.36. The molecule has 0 saturated carbocycles. The Hall–Kier alpha value is -6.90. The lowest BCUT2D eigenvalue weighted by molar-refractivity contribution is 1.39. The largest absolute Gasteiger partial charge is 0.377 e. The van der Waals surface area contributed by atoms with Gasteiger partial charge in [0.15, 0.2) is 0 Å². The summed E-state index contributed by atoms with van der Waals surface area (Å²) in [6, 6.07) is 79.8. The number of fused-ring (bicyclic) bond motifs is 4. The molecule has 0 aliphatic heterocycles. The molecule has 1 nitrogen and oxygen atoms in total. The number of anilines is 2. The Bertz CT molecular complexity index is 2610. The molecule has 10 aromatic carbocycles. The van der Waals surface area contributed by atoms with E-state index in [4.69, 9.17) is 0 Å². The topological polar surface area (TPSA) is 3.24 Å². The standard InChI is InChI=1S/C52H36BN/c1-5-21-37(22-6-1)49-41-29-13-17-33-45(41)51(46-34-18-14-30-42(46)49)53(54(39-25-9-3-10-26-39)40-27-11-4-12-28-40)52-47-35-19-15-31-43(47)50(38-23-7-2-8-24-38)44-32-16-20-36-48(44)52/h1-36H. The first-order valence-corrected chi connectivity index (χ1v) is 18.7. The number of hydrogen-bond donors (Lipinski definition) is 0. The molecule has 0 aliphatic carbocycles. The molecule has 54 heavy (non-hydrogen) atoms. The van der Waals surface area contributed by atoms with Crippen LogP contribution in [0.15, 0.2) is 218 Å². The summed E-state index contributed by atoms with van der Waals surface area (Å²) in [5.41, 5.74) is 9.82. The third-order valence-electron chi connectivity index (χ3n) is 10.9. The summed E-state index contributed by atoms with van der Waals surface area (Å²) in [5, 5.41) is 9.98. The van der Waals surface area contributed by atoms with Gasteiger partial charge in [0.1, 0.15) is 0 Å². The van der Waals surface area contributed by atoms with Crippen molar-refractivity contribution in [3.8, 4) is 22.3 Å². The Morgan fingerprint density at radius 3 is 0.778 bits per heavy atom. The first kappa shape index (κ1) is 31.8. The highest BCUT2D eigenvalue weighted by molar-refractivity contribution is 6.95. The van der Waals surface area contributed by atoms with E-state index in [1.165, 1.54) is 76.3 Å². The van der Waals surface area contributed by atoms with E-state index in [1.807, 2.05) is 0 Å². The van der Waals surface area contributed by atoms with Gasteiger partial charge in [0.25, 0.3) is 0 Å². The van der Waals surface area contributed by atoms with E-state index < -0.39 is 0 Å². The van der Waals surface area contributed by atoms with Crippen LogP contribution in [0, 0.1) is 0 Å². The van der Waals surface area contributed by atoms with Gasteiger partial charge in [-0.1, -0.05) is 194 Å². The van der Waals surface area contributed by atoms with Crippen molar-refractivity contribution in [2.24, 2.45) is 0 Å². The molecular formula is C52H36BN. The number of hydrogen-bond acceptors (Lipinski definition) is 1. The Kier molecular flexibility index (Phi) is 8.00. The second-order valence-corrected chi connectivity index (χ2v) is 13.9. The van der Waals surface area contributed by atoms with Crippen LogP contribution in [0.5, 0.6) is 0 Å². The lowest BCUT2D eigenvalue weighted by Crippen LogP contribution is -2.56. The van der Waals surface area contributed by atoms with Gasteiger partial charge < -0.3 is 4.81 Å². The van der Waals surface area contributed by atoms with Crippen molar-refractivity contribution in [2.75, 3.05) is 4.81 Å². The number of rotatable bonds is 7. The highest BCUT2D eigenvalue weighted by Crippen LogP contribution is 2.40. The SMILES string of the molecule is c1ccc(-c2c3ccccc3c(B(c3c4ccccc4c(-c4ccccc4)c4ccccc34)N(c3ccccc3)c3ccccc3)c3ccccc23)cc1. The van der Waals surface area contributed by atoms with Crippen molar-refractivity contribution in [2.45, 2.75) is 0 Å². The van der Waals surface area contributed by atoms with Crippen LogP contribution in [0.3, 0.4) is 0 Å². The summed E-state index contributed by atoms with van der Waals surface area (Å²) in [6.45, 7) is -0.228. The Balaban J connectivity index is 1.44. The van der Waals surface area contributed by atoms with Crippen LogP contribution in [0.1, 0.15) is 0 Å². The molecule has 0 spiro atoms. The number of para-hydroxylation sites is 2. The third-order valence-corrected chi connectivity index (χ3v) is 10.9. The second kappa shape index (κ2) is 13.6. The average Bonchev–Trinajstić information content (AvgIpc) is 3.25. The van der Waals surface area contributed by atoms with Gasteiger partial charge in [-0.25, -0.2) is 0 Å². The van der Waals surface area contributed by atoms with Crippen molar-refractivity contribution < 1.29 is 0 Å². The minimum absolute atomic E-state index is 0.228. The normalized spacial score (nSPS) is 11.3. The molecule has 252 valence electrons. The molecule has 0 heterocycles. The van der Waals surface area contributed by atoms with Gasteiger partial charge in [-0.05, 0) is 101 Å². The summed E-state index contributed by atoms with van der Waals surface area (Å²) in [5.74, 6) is 0. The Labute approximate surface area is 316 Å². The van der Waals surface area contributed by atoms with E-state index in [2.05, 4.69) is 223 Å². The zero-order chi connectivity index (χ0) is 35.8. The van der Waals surface area contributed by atoms with E-state index in [0.717, 1.165) is 11.4 Å². The van der Waals surface area contributed by atoms with Crippen LogP contribution in [-0.2, 0) is 0 Å². The third kappa shape index (κ3) is 5.26. The van der Waals surface area contributed by atoms with E-state index in [-0.39, 0.29) is 6.85 Å². The molecule has 0 aliphatic rings. The average molecular weight is 686 g/mol. The van der Waals surface area contributed by atoms with Crippen molar-refractivity contribution >= 4 is 72.2 Å². The van der Waals surface area contributed by atoms with Gasteiger partial charge in [0, 0.05) is 11.4 Å². The fourth-order valence-corrected chi connectivity index (χ4v) is 8.77. The van der Waals surface area contributed by atoms with Crippen LogP contribution >= 0.6 is 0 Å². The lowest BCUT2D eigenvalue weighted by atomic mass is 9.45. The van der Waals surface area contributed by atoms with E-state index in [1.54, 1.807) is 0 Å². The number of nitrogens with zero attached hydrogens (tertiary/aromatic N) is 1. The monoisotopic (exact) mass is 685 g/mol. The quantitative estimate of drug-likeness (QED) is 0.119. The van der Waals surface area contributed by atoms with Crippen molar-refractivity contribution in [1.29, 1.82) is 0 Å². The number of benzene rings is 10. The zero-order valence-electron chi connectivity index (χ0n) is 29.8. The van der Waals surface area contributed by atoms with Crippen molar-refractivity contribution in [3.63, 3.8) is 0 Å². The zero-order valence-corrected chi connectivity index (χ0v) is 29.8. The second-order valence-electron chi connectivity index (χ2n) is 13.9. The van der Waals surface area contributed by atoms with E-state index >= 15 is 0 Å². The van der Waals surface area contributed by atoms with Gasteiger partial charge in [-0.15, -0.1) is 0 Å². The Morgan fingerprint density at radius 2 is 0.481 bits per heavy atom. The molecule has 0 fully saturated rings. The van der Waals surface area contributed by atoms with E-state index in [0.29, 0.717) is 0 Å². The summed E-state index contributed by atoms with van der Waals surface area (Å²) in [4.78, 5) is 2.58. The summed E-state index contributed by atoms with van der Waals surface area (Å²) >= 11 is 0. The van der Waals surface area contributed by atoms with Gasteiger partial charge in [0.2, 0.25) is 0 Å². The fraction of sp³-hybridized carbons (Fsp3) is 0. The maximum absolute atomic E-state index is 2.58. The molecule has 0 unspecified atom stereocenters. The predicted molar refractivity (Wildman–Crippen MR) is 234 cm³/mol. The van der Waals surface area contributed by atoms with Crippen LogP contribution in [0.2, 0.25) is 0 Å². The molecular weight excluding hydrogens is 649 g/mol. The molecule has 10 rings (SSSR count). The van der Waals surface area contributed by atoms with Crippen LogP contribution in [0.25, 0.3) is 65.3 Å². The summed E-state index contributed by atoms with van der Waals surface area (Å²) in [6.07, 6.45) is 0. The summed E-state index contributed by atoms with van der Waals surface area (Å²) < 4.78 is 0. The molecule has 0 saturated heterocycles. The van der Waals surface area contributed by atoms with Crippen molar-refractivity contribution in [3.05, 3.63) is 218 Å². The molecule has 0 radical (unpaired) electrons. The maximum atomic E-state index is 2.58. The molecule has 0 amide bonds. The molecule has 10 aromatic rings.